The van der Waals surface area contributed by atoms with Gasteiger partial charge in [0, 0.05) is 25.2 Å². The lowest BCUT2D eigenvalue weighted by molar-refractivity contribution is -0.120. The molecule has 1 aliphatic rings. The molecule has 1 aromatic rings. The van der Waals surface area contributed by atoms with Crippen LogP contribution in [0.25, 0.3) is 0 Å². The number of carbonyl (C=O) groups is 2. The van der Waals surface area contributed by atoms with E-state index in [0.29, 0.717) is 30.9 Å². The Morgan fingerprint density at radius 2 is 1.78 bits per heavy atom. The summed E-state index contributed by atoms with van der Waals surface area (Å²) in [5, 5.41) is 2.70. The van der Waals surface area contributed by atoms with Crippen LogP contribution in [-0.2, 0) is 19.6 Å². The van der Waals surface area contributed by atoms with E-state index in [4.69, 9.17) is 14.2 Å². The lowest BCUT2D eigenvalue weighted by Crippen LogP contribution is -2.43. The second-order valence-electron chi connectivity index (χ2n) is 6.19. The molecule has 2 rings (SSSR count). The fourth-order valence-corrected chi connectivity index (χ4v) is 3.87. The quantitative estimate of drug-likeness (QED) is 0.712. The minimum atomic E-state index is -3.37. The number of nitrogens with zero attached hydrogens (tertiary/aromatic N) is 1. The van der Waals surface area contributed by atoms with Crippen LogP contribution in [0.15, 0.2) is 12.1 Å². The number of hydrogen-bond donors (Lipinski definition) is 1. The molecule has 1 atom stereocenters. The Morgan fingerprint density at radius 1 is 1.15 bits per heavy atom. The molecule has 150 valence electrons. The van der Waals surface area contributed by atoms with E-state index in [1.807, 2.05) is 0 Å². The molecule has 9 nitrogen and oxygen atoms in total. The summed E-state index contributed by atoms with van der Waals surface area (Å²) in [6.45, 7) is 0.498. The molecule has 0 radical (unpaired) electrons. The largest absolute Gasteiger partial charge is 0.493 e. The molecule has 1 heterocycles. The van der Waals surface area contributed by atoms with Crippen molar-refractivity contribution in [2.24, 2.45) is 5.92 Å². The number of piperidine rings is 1. The van der Waals surface area contributed by atoms with E-state index in [2.05, 4.69) is 5.32 Å². The molecular weight excluding hydrogens is 376 g/mol. The Balaban J connectivity index is 2.29. The van der Waals surface area contributed by atoms with E-state index < -0.39 is 21.9 Å². The van der Waals surface area contributed by atoms with Crippen molar-refractivity contribution in [3.8, 4) is 11.5 Å². The zero-order chi connectivity index (χ0) is 20.2. The zero-order valence-corrected chi connectivity index (χ0v) is 16.6. The summed E-state index contributed by atoms with van der Waals surface area (Å²) in [6, 6.07) is 2.89. The molecule has 0 unspecified atom stereocenters. The Bertz CT molecular complexity index is 823. The third-order valence-corrected chi connectivity index (χ3v) is 5.68. The van der Waals surface area contributed by atoms with Crippen molar-refractivity contribution >= 4 is 27.6 Å². The number of benzene rings is 1. The number of carbonyl (C=O) groups excluding carboxylic acids is 2. The van der Waals surface area contributed by atoms with Crippen molar-refractivity contribution in [3.63, 3.8) is 0 Å². The molecule has 0 aliphatic carbocycles. The van der Waals surface area contributed by atoms with Crippen molar-refractivity contribution in [1.29, 1.82) is 0 Å². The average Bonchev–Trinajstić information content (AvgIpc) is 2.66. The predicted octanol–water partition coefficient (Wildman–Crippen LogP) is 1.10. The molecule has 0 saturated carbocycles. The van der Waals surface area contributed by atoms with Crippen LogP contribution < -0.4 is 14.8 Å². The highest BCUT2D eigenvalue weighted by Crippen LogP contribution is 2.34. The first-order valence-corrected chi connectivity index (χ1v) is 10.2. The van der Waals surface area contributed by atoms with E-state index in [0.717, 1.165) is 6.26 Å². The highest BCUT2D eigenvalue weighted by atomic mass is 32.2. The summed E-state index contributed by atoms with van der Waals surface area (Å²) in [7, 11) is 0.731. The summed E-state index contributed by atoms with van der Waals surface area (Å²) in [4.78, 5) is 24.8. The van der Waals surface area contributed by atoms with Crippen LogP contribution in [0.3, 0.4) is 0 Å². The Hall–Kier alpha value is -2.33. The molecule has 1 saturated heterocycles. The number of esters is 1. The predicted molar refractivity (Wildman–Crippen MR) is 98.7 cm³/mol. The first-order valence-electron chi connectivity index (χ1n) is 8.31. The smallest absolute Gasteiger partial charge is 0.340 e. The van der Waals surface area contributed by atoms with Gasteiger partial charge in [0.25, 0.3) is 0 Å². The summed E-state index contributed by atoms with van der Waals surface area (Å²) in [5.74, 6) is -0.890. The van der Waals surface area contributed by atoms with Gasteiger partial charge in [-0.05, 0) is 12.8 Å². The molecule has 10 heteroatoms. The first-order chi connectivity index (χ1) is 12.7. The average molecular weight is 400 g/mol. The molecule has 1 amide bonds. The standard InChI is InChI=1S/C17H24N2O7S/c1-24-14-8-12(17(21)26-3)13(9-15(14)25-2)18-16(20)11-6-5-7-19(10-11)27(4,22)23/h8-9,11H,5-7,10H2,1-4H3,(H,18,20)/t11-/m1/s1. The molecule has 0 bridgehead atoms. The van der Waals surface area contributed by atoms with E-state index in [-0.39, 0.29) is 23.7 Å². The number of hydrogen-bond acceptors (Lipinski definition) is 7. The zero-order valence-electron chi connectivity index (χ0n) is 15.8. The van der Waals surface area contributed by atoms with E-state index in [9.17, 15) is 18.0 Å². The maximum atomic E-state index is 12.7. The number of anilines is 1. The van der Waals surface area contributed by atoms with Gasteiger partial charge in [-0.3, -0.25) is 4.79 Å². The maximum Gasteiger partial charge on any atom is 0.340 e. The van der Waals surface area contributed by atoms with E-state index in [1.54, 1.807) is 0 Å². The van der Waals surface area contributed by atoms with Crippen molar-refractivity contribution in [1.82, 2.24) is 4.31 Å². The first kappa shape index (κ1) is 21.0. The van der Waals surface area contributed by atoms with Crippen LogP contribution in [0.4, 0.5) is 5.69 Å². The van der Waals surface area contributed by atoms with Crippen molar-refractivity contribution in [2.75, 3.05) is 46.0 Å². The van der Waals surface area contributed by atoms with Gasteiger partial charge in [0.15, 0.2) is 11.5 Å². The molecule has 1 aliphatic heterocycles. The SMILES string of the molecule is COC(=O)c1cc(OC)c(OC)cc1NC(=O)[C@@H]1CCCN(S(C)(=O)=O)C1. The van der Waals surface area contributed by atoms with Gasteiger partial charge in [-0.15, -0.1) is 0 Å². The minimum Gasteiger partial charge on any atom is -0.493 e. The van der Waals surface area contributed by atoms with Crippen LogP contribution in [0.5, 0.6) is 11.5 Å². The van der Waals surface area contributed by atoms with Crippen LogP contribution in [-0.4, -0.2) is 65.3 Å². The fourth-order valence-electron chi connectivity index (χ4n) is 2.95. The van der Waals surface area contributed by atoms with Crippen LogP contribution in [0.1, 0.15) is 23.2 Å². The van der Waals surface area contributed by atoms with Gasteiger partial charge in [-0.1, -0.05) is 0 Å². The van der Waals surface area contributed by atoms with Gasteiger partial charge >= 0.3 is 5.97 Å². The van der Waals surface area contributed by atoms with Gasteiger partial charge in [0.05, 0.1) is 44.8 Å². The lowest BCUT2D eigenvalue weighted by atomic mass is 9.98. The normalized spacial score (nSPS) is 17.9. The van der Waals surface area contributed by atoms with Crippen molar-refractivity contribution in [2.45, 2.75) is 12.8 Å². The third kappa shape index (κ3) is 4.89. The van der Waals surface area contributed by atoms with Crippen molar-refractivity contribution < 1.29 is 32.2 Å². The molecule has 0 aromatic heterocycles. The maximum absolute atomic E-state index is 12.7. The van der Waals surface area contributed by atoms with Gasteiger partial charge in [0.1, 0.15) is 0 Å². The summed E-state index contributed by atoms with van der Waals surface area (Å²) in [6.07, 6.45) is 2.26. The number of sulfonamides is 1. The minimum absolute atomic E-state index is 0.103. The lowest BCUT2D eigenvalue weighted by Gasteiger charge is -2.30. The molecule has 1 N–H and O–H groups in total. The summed E-state index contributed by atoms with van der Waals surface area (Å²) >= 11 is 0. The summed E-state index contributed by atoms with van der Waals surface area (Å²) < 4.78 is 40.0. The number of ether oxygens (including phenoxy) is 3. The highest BCUT2D eigenvalue weighted by Gasteiger charge is 2.31. The molecular formula is C17H24N2O7S. The Kier molecular flexibility index (Phi) is 6.66. The second-order valence-corrected chi connectivity index (χ2v) is 8.18. The number of amides is 1. The number of methoxy groups -OCH3 is 3. The van der Waals surface area contributed by atoms with Gasteiger partial charge < -0.3 is 19.5 Å². The molecule has 1 fully saturated rings. The van der Waals surface area contributed by atoms with Gasteiger partial charge in [-0.2, -0.15) is 0 Å². The molecule has 1 aromatic carbocycles. The van der Waals surface area contributed by atoms with Crippen molar-refractivity contribution in [3.05, 3.63) is 17.7 Å². The number of rotatable bonds is 6. The molecule has 27 heavy (non-hydrogen) atoms. The van der Waals surface area contributed by atoms with E-state index >= 15 is 0 Å². The van der Waals surface area contributed by atoms with Crippen LogP contribution in [0.2, 0.25) is 0 Å². The Labute approximate surface area is 158 Å². The topological polar surface area (TPSA) is 111 Å². The van der Waals surface area contributed by atoms with Gasteiger partial charge in [0.2, 0.25) is 15.9 Å². The van der Waals surface area contributed by atoms with Crippen LogP contribution >= 0.6 is 0 Å². The third-order valence-electron chi connectivity index (χ3n) is 4.41. The van der Waals surface area contributed by atoms with Crippen LogP contribution in [0, 0.1) is 5.92 Å². The monoisotopic (exact) mass is 400 g/mol. The Morgan fingerprint density at radius 3 is 2.33 bits per heavy atom. The fraction of sp³-hybridized carbons (Fsp3) is 0.529. The number of nitrogens with one attached hydrogen (secondary N) is 1. The summed E-state index contributed by atoms with van der Waals surface area (Å²) in [5.41, 5.74) is 0.320. The highest BCUT2D eigenvalue weighted by molar-refractivity contribution is 7.88. The second kappa shape index (κ2) is 8.57. The molecule has 0 spiro atoms. The van der Waals surface area contributed by atoms with E-state index in [1.165, 1.54) is 37.8 Å². The van der Waals surface area contributed by atoms with Gasteiger partial charge in [-0.25, -0.2) is 17.5 Å².